The first kappa shape index (κ1) is 23.9. The van der Waals surface area contributed by atoms with Gasteiger partial charge in [-0.2, -0.15) is 0 Å². The van der Waals surface area contributed by atoms with Gasteiger partial charge in [-0.1, -0.05) is 24.3 Å². The molecular formula is C29H29NO6. The number of carbonyl (C=O) groups is 3. The van der Waals surface area contributed by atoms with Gasteiger partial charge in [0.15, 0.2) is 29.7 Å². The van der Waals surface area contributed by atoms with Crippen molar-refractivity contribution in [2.75, 3.05) is 19.0 Å². The molecule has 0 bridgehead atoms. The van der Waals surface area contributed by atoms with Gasteiger partial charge in [0, 0.05) is 48.4 Å². The van der Waals surface area contributed by atoms with E-state index in [1.165, 1.54) is 7.11 Å². The molecule has 0 saturated carbocycles. The lowest BCUT2D eigenvalue weighted by molar-refractivity contribution is -0.119. The zero-order chi connectivity index (χ0) is 25.2. The van der Waals surface area contributed by atoms with E-state index in [-0.39, 0.29) is 24.1 Å². The van der Waals surface area contributed by atoms with Crippen LogP contribution in [0.3, 0.4) is 0 Å². The lowest BCUT2D eigenvalue weighted by Gasteiger charge is -2.36. The van der Waals surface area contributed by atoms with Gasteiger partial charge in [-0.05, 0) is 49.1 Å². The van der Waals surface area contributed by atoms with E-state index in [1.54, 1.807) is 12.1 Å². The fraction of sp³-hybridized carbons (Fsp3) is 0.345. The molecule has 0 radical (unpaired) electrons. The molecular weight excluding hydrogens is 458 g/mol. The van der Waals surface area contributed by atoms with Gasteiger partial charge in [0.1, 0.15) is 11.5 Å². The van der Waals surface area contributed by atoms with Crippen molar-refractivity contribution in [3.05, 3.63) is 76.3 Å². The Morgan fingerprint density at radius 1 is 0.944 bits per heavy atom. The van der Waals surface area contributed by atoms with Crippen molar-refractivity contribution in [1.82, 2.24) is 0 Å². The van der Waals surface area contributed by atoms with Crippen LogP contribution in [0.5, 0.6) is 11.5 Å². The number of benzene rings is 2. The van der Waals surface area contributed by atoms with Gasteiger partial charge >= 0.3 is 0 Å². The summed E-state index contributed by atoms with van der Waals surface area (Å²) in [5.41, 5.74) is 3.64. The zero-order valence-corrected chi connectivity index (χ0v) is 20.5. The molecule has 0 atom stereocenters. The van der Waals surface area contributed by atoms with E-state index in [9.17, 15) is 14.4 Å². The Labute approximate surface area is 210 Å². The quantitative estimate of drug-likeness (QED) is 0.606. The van der Waals surface area contributed by atoms with Crippen molar-refractivity contribution in [3.63, 3.8) is 0 Å². The normalized spacial score (nSPS) is 17.8. The molecule has 2 aromatic rings. The van der Waals surface area contributed by atoms with Crippen molar-refractivity contribution in [2.24, 2.45) is 0 Å². The number of allylic oxidation sites excluding steroid dienone is 4. The molecule has 2 aromatic carbocycles. The van der Waals surface area contributed by atoms with Crippen LogP contribution in [0.4, 0.5) is 5.69 Å². The third kappa shape index (κ3) is 4.53. The van der Waals surface area contributed by atoms with Crippen molar-refractivity contribution in [2.45, 2.75) is 51.4 Å². The molecule has 36 heavy (non-hydrogen) atoms. The van der Waals surface area contributed by atoms with Crippen LogP contribution in [0.15, 0.2) is 65.1 Å². The van der Waals surface area contributed by atoms with Crippen molar-refractivity contribution < 1.29 is 28.6 Å². The summed E-state index contributed by atoms with van der Waals surface area (Å²) in [7, 11) is 1.52. The number of aryl methyl sites for hydroxylation is 1. The molecule has 5 rings (SSSR count). The molecule has 0 spiro atoms. The predicted octanol–water partition coefficient (Wildman–Crippen LogP) is 5.15. The predicted molar refractivity (Wildman–Crippen MR) is 134 cm³/mol. The topological polar surface area (TPSA) is 90.9 Å². The third-order valence-corrected chi connectivity index (χ3v) is 6.94. The van der Waals surface area contributed by atoms with Crippen LogP contribution >= 0.6 is 0 Å². The monoisotopic (exact) mass is 487 g/mol. The first-order valence-corrected chi connectivity index (χ1v) is 12.3. The van der Waals surface area contributed by atoms with Crippen LogP contribution < -0.4 is 14.8 Å². The van der Waals surface area contributed by atoms with Crippen LogP contribution in [0.25, 0.3) is 0 Å². The largest absolute Gasteiger partial charge is 0.493 e. The van der Waals surface area contributed by atoms with E-state index < -0.39 is 5.92 Å². The van der Waals surface area contributed by atoms with E-state index in [0.29, 0.717) is 59.8 Å². The summed E-state index contributed by atoms with van der Waals surface area (Å²) in [5.74, 6) is 1.51. The highest BCUT2D eigenvalue weighted by Crippen LogP contribution is 2.48. The van der Waals surface area contributed by atoms with E-state index in [2.05, 4.69) is 5.32 Å². The minimum absolute atomic E-state index is 0.0262. The number of amides is 1. The Hall–Kier alpha value is -3.87. The molecule has 2 aliphatic carbocycles. The van der Waals surface area contributed by atoms with Crippen LogP contribution in [-0.2, 0) is 19.1 Å². The third-order valence-electron chi connectivity index (χ3n) is 6.94. The van der Waals surface area contributed by atoms with Gasteiger partial charge in [-0.15, -0.1) is 0 Å². The van der Waals surface area contributed by atoms with Crippen molar-refractivity contribution >= 4 is 23.2 Å². The van der Waals surface area contributed by atoms with Gasteiger partial charge in [0.05, 0.1) is 7.11 Å². The van der Waals surface area contributed by atoms with Gasteiger partial charge < -0.3 is 19.5 Å². The molecule has 1 N–H and O–H groups in total. The number of ketones is 2. The number of ether oxygens (including phenoxy) is 3. The lowest BCUT2D eigenvalue weighted by atomic mass is 9.73. The SMILES string of the molecule is COc1cc(C2C3=C(CCCC3=O)OC3=C2C(=O)CCC3)ccc1OCC(=O)Nc1ccccc1C. The summed E-state index contributed by atoms with van der Waals surface area (Å²) >= 11 is 0. The second-order valence-electron chi connectivity index (χ2n) is 9.32. The fourth-order valence-corrected chi connectivity index (χ4v) is 5.18. The molecule has 3 aliphatic rings. The highest BCUT2D eigenvalue weighted by atomic mass is 16.5. The fourth-order valence-electron chi connectivity index (χ4n) is 5.18. The highest BCUT2D eigenvalue weighted by Gasteiger charge is 2.42. The molecule has 1 heterocycles. The van der Waals surface area contributed by atoms with Gasteiger partial charge in [0.2, 0.25) is 0 Å². The smallest absolute Gasteiger partial charge is 0.262 e. The van der Waals surface area contributed by atoms with E-state index in [4.69, 9.17) is 14.2 Å². The first-order valence-electron chi connectivity index (χ1n) is 12.3. The van der Waals surface area contributed by atoms with Crippen LogP contribution in [-0.4, -0.2) is 31.2 Å². The van der Waals surface area contributed by atoms with Crippen LogP contribution in [0.2, 0.25) is 0 Å². The maximum Gasteiger partial charge on any atom is 0.262 e. The molecule has 186 valence electrons. The number of methoxy groups -OCH3 is 1. The van der Waals surface area contributed by atoms with Crippen LogP contribution in [0.1, 0.15) is 55.6 Å². The maximum absolute atomic E-state index is 13.0. The molecule has 7 nitrogen and oxygen atoms in total. The molecule has 0 aromatic heterocycles. The number of hydrogen-bond donors (Lipinski definition) is 1. The maximum atomic E-state index is 13.0. The standard InChI is InChI=1S/C29H29NO6/c1-17-7-3-4-8-19(17)30-26(33)16-35-22-14-13-18(15-25(22)34-2)27-28-20(31)9-5-11-23(28)36-24-12-6-10-21(32)29(24)27/h3-4,7-8,13-15,27H,5-6,9-12,16H2,1-2H3,(H,30,33). The second-order valence-corrected chi connectivity index (χ2v) is 9.32. The van der Waals surface area contributed by atoms with Gasteiger partial charge in [0.25, 0.3) is 5.91 Å². The number of nitrogens with one attached hydrogen (secondary N) is 1. The average molecular weight is 488 g/mol. The van der Waals surface area contributed by atoms with Gasteiger partial charge in [-0.3, -0.25) is 14.4 Å². The minimum Gasteiger partial charge on any atom is -0.493 e. The number of anilines is 1. The average Bonchev–Trinajstić information content (AvgIpc) is 2.88. The highest BCUT2D eigenvalue weighted by molar-refractivity contribution is 6.05. The Morgan fingerprint density at radius 3 is 2.25 bits per heavy atom. The molecule has 1 amide bonds. The Morgan fingerprint density at radius 2 is 1.61 bits per heavy atom. The van der Waals surface area contributed by atoms with E-state index in [1.807, 2.05) is 37.3 Å². The molecule has 0 saturated heterocycles. The Balaban J connectivity index is 1.42. The number of rotatable bonds is 6. The summed E-state index contributed by atoms with van der Waals surface area (Å²) in [6.07, 6.45) is 3.78. The summed E-state index contributed by atoms with van der Waals surface area (Å²) in [4.78, 5) is 38.4. The van der Waals surface area contributed by atoms with Crippen molar-refractivity contribution in [3.8, 4) is 11.5 Å². The number of Topliss-reactive ketones (excluding diaryl/α,β-unsaturated/α-hetero) is 2. The number of hydrogen-bond acceptors (Lipinski definition) is 6. The molecule has 0 fully saturated rings. The van der Waals surface area contributed by atoms with Gasteiger partial charge in [-0.25, -0.2) is 0 Å². The number of carbonyl (C=O) groups excluding carboxylic acids is 3. The van der Waals surface area contributed by atoms with Crippen molar-refractivity contribution in [1.29, 1.82) is 0 Å². The summed E-state index contributed by atoms with van der Waals surface area (Å²) in [5, 5.41) is 2.85. The minimum atomic E-state index is -0.475. The van der Waals surface area contributed by atoms with E-state index >= 15 is 0 Å². The Kier molecular flexibility index (Phi) is 6.63. The zero-order valence-electron chi connectivity index (χ0n) is 20.5. The second kappa shape index (κ2) is 10.0. The molecule has 1 aliphatic heterocycles. The summed E-state index contributed by atoms with van der Waals surface area (Å²) in [6.45, 7) is 1.73. The molecule has 0 unspecified atom stereocenters. The Bertz CT molecular complexity index is 1260. The van der Waals surface area contributed by atoms with Crippen LogP contribution in [0, 0.1) is 6.92 Å². The molecule has 7 heteroatoms. The first-order chi connectivity index (χ1) is 17.5. The summed E-state index contributed by atoms with van der Waals surface area (Å²) < 4.78 is 17.5. The lowest BCUT2D eigenvalue weighted by Crippen LogP contribution is -2.30. The van der Waals surface area contributed by atoms with E-state index in [0.717, 1.165) is 29.7 Å². The number of para-hydroxylation sites is 1. The summed E-state index contributed by atoms with van der Waals surface area (Å²) in [6, 6.07) is 12.9.